The molecule has 0 saturated heterocycles. The summed E-state index contributed by atoms with van der Waals surface area (Å²) < 4.78 is 0.541. The van der Waals surface area contributed by atoms with Crippen LogP contribution in [0.1, 0.15) is 21.7 Å². The summed E-state index contributed by atoms with van der Waals surface area (Å²) in [5, 5.41) is 2.81. The molecular weight excluding hydrogens is 294 g/mol. The molecule has 0 unspecified atom stereocenters. The molecular formula is C13H12BrN3O. The van der Waals surface area contributed by atoms with Gasteiger partial charge in [0.25, 0.3) is 5.91 Å². The summed E-state index contributed by atoms with van der Waals surface area (Å²) in [6.07, 6.45) is 1.63. The van der Waals surface area contributed by atoms with E-state index in [1.54, 1.807) is 18.3 Å². The number of carbonyl (C=O) groups is 1. The molecule has 0 saturated carbocycles. The van der Waals surface area contributed by atoms with Gasteiger partial charge in [0.15, 0.2) is 0 Å². The summed E-state index contributed by atoms with van der Waals surface area (Å²) >= 11 is 3.25. The number of hydrogen-bond acceptors (Lipinski definition) is 3. The number of aromatic nitrogens is 2. The first kappa shape index (κ1) is 12.7. The van der Waals surface area contributed by atoms with E-state index in [0.29, 0.717) is 16.7 Å². The summed E-state index contributed by atoms with van der Waals surface area (Å²) in [7, 11) is 0. The van der Waals surface area contributed by atoms with E-state index < -0.39 is 0 Å². The van der Waals surface area contributed by atoms with Gasteiger partial charge in [-0.05, 0) is 47.1 Å². The van der Waals surface area contributed by atoms with Crippen LogP contribution in [0.3, 0.4) is 0 Å². The highest BCUT2D eigenvalue weighted by molar-refractivity contribution is 9.10. The summed E-state index contributed by atoms with van der Waals surface area (Å²) in [5.74, 6) is -0.168. The van der Waals surface area contributed by atoms with E-state index in [4.69, 9.17) is 0 Å². The van der Waals surface area contributed by atoms with Gasteiger partial charge in [-0.25, -0.2) is 4.98 Å². The van der Waals surface area contributed by atoms with Gasteiger partial charge in [0, 0.05) is 11.9 Å². The summed E-state index contributed by atoms with van der Waals surface area (Å²) in [6, 6.07) is 9.17. The average Bonchev–Trinajstić information content (AvgIpc) is 2.37. The number of carbonyl (C=O) groups excluding carboxylic acids is 1. The first-order valence-electron chi connectivity index (χ1n) is 5.48. The molecule has 0 fully saturated rings. The van der Waals surface area contributed by atoms with E-state index in [0.717, 1.165) is 11.4 Å². The Morgan fingerprint density at radius 1 is 1.33 bits per heavy atom. The second-order valence-corrected chi connectivity index (χ2v) is 4.55. The zero-order valence-corrected chi connectivity index (χ0v) is 11.4. The fraction of sp³-hybridized carbons (Fsp3) is 0.154. The lowest BCUT2D eigenvalue weighted by Crippen LogP contribution is -2.24. The molecule has 1 N–H and O–H groups in total. The molecule has 0 atom stereocenters. The Kier molecular flexibility index (Phi) is 4.04. The number of nitrogens with one attached hydrogen (secondary N) is 1. The van der Waals surface area contributed by atoms with Crippen molar-refractivity contribution in [1.29, 1.82) is 0 Å². The molecule has 2 heterocycles. The Labute approximate surface area is 114 Å². The van der Waals surface area contributed by atoms with Crippen LogP contribution in [0.2, 0.25) is 0 Å². The van der Waals surface area contributed by atoms with E-state index in [1.165, 1.54) is 0 Å². The third-order valence-corrected chi connectivity index (χ3v) is 3.01. The standard InChI is InChI=1S/C13H12BrN3O/c1-9-4-2-5-10(17-9)8-16-13(18)11-6-3-7-15-12(11)14/h2-7H,8H2,1H3,(H,16,18). The number of aryl methyl sites for hydroxylation is 1. The minimum absolute atomic E-state index is 0.168. The van der Waals surface area contributed by atoms with Crippen LogP contribution in [0.5, 0.6) is 0 Å². The van der Waals surface area contributed by atoms with E-state index in [-0.39, 0.29) is 5.91 Å². The second-order valence-electron chi connectivity index (χ2n) is 3.79. The van der Waals surface area contributed by atoms with Crippen molar-refractivity contribution >= 4 is 21.8 Å². The number of halogens is 1. The molecule has 0 aliphatic heterocycles. The van der Waals surface area contributed by atoms with Crippen molar-refractivity contribution in [1.82, 2.24) is 15.3 Å². The topological polar surface area (TPSA) is 54.9 Å². The normalized spacial score (nSPS) is 10.1. The van der Waals surface area contributed by atoms with Crippen LogP contribution in [0.15, 0.2) is 41.1 Å². The fourth-order valence-electron chi connectivity index (χ4n) is 1.52. The van der Waals surface area contributed by atoms with Crippen LogP contribution >= 0.6 is 15.9 Å². The molecule has 92 valence electrons. The molecule has 2 rings (SSSR count). The smallest absolute Gasteiger partial charge is 0.254 e. The first-order chi connectivity index (χ1) is 8.66. The molecule has 0 aromatic carbocycles. The van der Waals surface area contributed by atoms with Gasteiger partial charge >= 0.3 is 0 Å². The van der Waals surface area contributed by atoms with Crippen molar-refractivity contribution in [3.63, 3.8) is 0 Å². The molecule has 4 nitrogen and oxygen atoms in total. The number of amides is 1. The number of hydrogen-bond donors (Lipinski definition) is 1. The predicted molar refractivity (Wildman–Crippen MR) is 72.1 cm³/mol. The molecule has 1 amide bonds. The highest BCUT2D eigenvalue weighted by atomic mass is 79.9. The summed E-state index contributed by atoms with van der Waals surface area (Å²) in [5.41, 5.74) is 2.29. The van der Waals surface area contributed by atoms with Gasteiger partial charge in [-0.2, -0.15) is 0 Å². The Bertz CT molecular complexity index is 572. The molecule has 0 spiro atoms. The molecule has 0 radical (unpaired) electrons. The Hall–Kier alpha value is -1.75. The van der Waals surface area contributed by atoms with Crippen LogP contribution in [0.25, 0.3) is 0 Å². The highest BCUT2D eigenvalue weighted by Crippen LogP contribution is 2.12. The molecule has 0 aliphatic rings. The van der Waals surface area contributed by atoms with Gasteiger partial charge in [0.05, 0.1) is 17.8 Å². The number of nitrogens with zero attached hydrogens (tertiary/aromatic N) is 2. The Balaban J connectivity index is 2.03. The van der Waals surface area contributed by atoms with Crippen molar-refractivity contribution < 1.29 is 4.79 Å². The third-order valence-electron chi connectivity index (χ3n) is 2.38. The van der Waals surface area contributed by atoms with Gasteiger partial charge in [-0.15, -0.1) is 0 Å². The van der Waals surface area contributed by atoms with Gasteiger partial charge in [-0.1, -0.05) is 6.07 Å². The Morgan fingerprint density at radius 3 is 2.89 bits per heavy atom. The van der Waals surface area contributed by atoms with Crippen LogP contribution in [-0.2, 0) is 6.54 Å². The molecule has 0 aliphatic carbocycles. The van der Waals surface area contributed by atoms with Crippen LogP contribution < -0.4 is 5.32 Å². The maximum atomic E-state index is 11.9. The number of pyridine rings is 2. The van der Waals surface area contributed by atoms with E-state index >= 15 is 0 Å². The van der Waals surface area contributed by atoms with E-state index in [9.17, 15) is 4.79 Å². The Morgan fingerprint density at radius 2 is 2.17 bits per heavy atom. The lowest BCUT2D eigenvalue weighted by atomic mass is 10.2. The van der Waals surface area contributed by atoms with Gasteiger partial charge in [0.2, 0.25) is 0 Å². The first-order valence-corrected chi connectivity index (χ1v) is 6.27. The van der Waals surface area contributed by atoms with Crippen molar-refractivity contribution in [2.75, 3.05) is 0 Å². The largest absolute Gasteiger partial charge is 0.346 e. The van der Waals surface area contributed by atoms with Crippen LogP contribution in [0.4, 0.5) is 0 Å². The van der Waals surface area contributed by atoms with Crippen LogP contribution in [0, 0.1) is 6.92 Å². The highest BCUT2D eigenvalue weighted by Gasteiger charge is 2.09. The lowest BCUT2D eigenvalue weighted by Gasteiger charge is -2.06. The lowest BCUT2D eigenvalue weighted by molar-refractivity contribution is 0.0949. The van der Waals surface area contributed by atoms with Crippen LogP contribution in [-0.4, -0.2) is 15.9 Å². The molecule has 18 heavy (non-hydrogen) atoms. The zero-order chi connectivity index (χ0) is 13.0. The molecule has 5 heteroatoms. The SMILES string of the molecule is Cc1cccc(CNC(=O)c2cccnc2Br)n1. The summed E-state index contributed by atoms with van der Waals surface area (Å²) in [6.45, 7) is 2.32. The van der Waals surface area contributed by atoms with Crippen molar-refractivity contribution in [3.8, 4) is 0 Å². The second kappa shape index (κ2) is 5.73. The number of rotatable bonds is 3. The minimum Gasteiger partial charge on any atom is -0.346 e. The molecule has 2 aromatic heterocycles. The average molecular weight is 306 g/mol. The van der Waals surface area contributed by atoms with E-state index in [1.807, 2.05) is 25.1 Å². The maximum Gasteiger partial charge on any atom is 0.254 e. The molecule has 0 bridgehead atoms. The van der Waals surface area contributed by atoms with Crippen molar-refractivity contribution in [2.24, 2.45) is 0 Å². The molecule has 2 aromatic rings. The maximum absolute atomic E-state index is 11.9. The van der Waals surface area contributed by atoms with Gasteiger partial charge in [-0.3, -0.25) is 9.78 Å². The fourth-order valence-corrected chi connectivity index (χ4v) is 1.95. The zero-order valence-electron chi connectivity index (χ0n) is 9.85. The minimum atomic E-state index is -0.168. The predicted octanol–water partition coefficient (Wildman–Crippen LogP) is 2.48. The van der Waals surface area contributed by atoms with Gasteiger partial charge in [0.1, 0.15) is 4.60 Å². The van der Waals surface area contributed by atoms with E-state index in [2.05, 4.69) is 31.2 Å². The third kappa shape index (κ3) is 3.13. The van der Waals surface area contributed by atoms with Crippen molar-refractivity contribution in [2.45, 2.75) is 13.5 Å². The van der Waals surface area contributed by atoms with Crippen molar-refractivity contribution in [3.05, 3.63) is 58.1 Å². The summed E-state index contributed by atoms with van der Waals surface area (Å²) in [4.78, 5) is 20.2. The quantitative estimate of drug-likeness (QED) is 0.886. The van der Waals surface area contributed by atoms with Gasteiger partial charge < -0.3 is 5.32 Å². The monoisotopic (exact) mass is 305 g/mol.